The molecule has 4 nitrogen and oxygen atoms in total. The number of aliphatic hydroxyl groups excluding tert-OH is 2. The van der Waals surface area contributed by atoms with Crippen LogP contribution in [0.15, 0.2) is 12.1 Å². The van der Waals surface area contributed by atoms with E-state index >= 15 is 0 Å². The van der Waals surface area contributed by atoms with Crippen LogP contribution in [0.1, 0.15) is 18.5 Å². The number of pyridine rings is 1. The quantitative estimate of drug-likeness (QED) is 0.859. The number of hydrogen-bond acceptors (Lipinski definition) is 4. The molecule has 1 aliphatic rings. The van der Waals surface area contributed by atoms with Crippen molar-refractivity contribution in [1.82, 2.24) is 4.98 Å². The molecule has 17 heavy (non-hydrogen) atoms. The van der Waals surface area contributed by atoms with Gasteiger partial charge in [-0.3, -0.25) is 0 Å². The Bertz CT molecular complexity index is 387. The fraction of sp³-hybridized carbons (Fsp3) is 0.583. The first kappa shape index (κ1) is 12.6. The number of piperidine rings is 1. The number of nitrogens with zero attached hydrogens (tertiary/aromatic N) is 2. The molecule has 94 valence electrons. The van der Waals surface area contributed by atoms with Gasteiger partial charge in [0.2, 0.25) is 0 Å². The van der Waals surface area contributed by atoms with Gasteiger partial charge >= 0.3 is 0 Å². The Hall–Kier alpha value is -0.840. The molecule has 0 saturated carbocycles. The van der Waals surface area contributed by atoms with E-state index in [9.17, 15) is 5.11 Å². The predicted molar refractivity (Wildman–Crippen MR) is 67.2 cm³/mol. The van der Waals surface area contributed by atoms with Crippen LogP contribution in [0.4, 0.5) is 5.82 Å². The summed E-state index contributed by atoms with van der Waals surface area (Å²) in [5, 5.41) is 18.8. The predicted octanol–water partition coefficient (Wildman–Crippen LogP) is 1.44. The van der Waals surface area contributed by atoms with Gasteiger partial charge in [0.05, 0.1) is 17.3 Å². The summed E-state index contributed by atoms with van der Waals surface area (Å²) in [7, 11) is 0. The fourth-order valence-corrected chi connectivity index (χ4v) is 2.35. The molecular formula is C12H17ClN2O2. The molecule has 2 N–H and O–H groups in total. The van der Waals surface area contributed by atoms with Crippen LogP contribution in [-0.2, 0) is 6.61 Å². The Labute approximate surface area is 106 Å². The maximum Gasteiger partial charge on any atom is 0.129 e. The number of hydrogen-bond donors (Lipinski definition) is 2. The van der Waals surface area contributed by atoms with Crippen LogP contribution in [0.25, 0.3) is 0 Å². The number of aliphatic hydroxyl groups is 2. The van der Waals surface area contributed by atoms with Gasteiger partial charge in [0.1, 0.15) is 5.82 Å². The number of anilines is 1. The van der Waals surface area contributed by atoms with Gasteiger partial charge in [-0.15, -0.1) is 0 Å². The van der Waals surface area contributed by atoms with E-state index in [1.165, 1.54) is 0 Å². The van der Waals surface area contributed by atoms with Crippen molar-refractivity contribution in [2.24, 2.45) is 5.92 Å². The standard InChI is InChI=1S/C12H17ClN2O2/c13-10-3-4-12(14-11(10)8-17)15-5-1-2-9(6-15)7-16/h3-4,9,16-17H,1-2,5-8H2. The molecule has 5 heteroatoms. The van der Waals surface area contributed by atoms with Crippen molar-refractivity contribution >= 4 is 17.4 Å². The Balaban J connectivity index is 2.16. The van der Waals surface area contributed by atoms with E-state index in [2.05, 4.69) is 9.88 Å². The average molecular weight is 257 g/mol. The van der Waals surface area contributed by atoms with E-state index in [0.717, 1.165) is 31.7 Å². The van der Waals surface area contributed by atoms with Gasteiger partial charge in [0.15, 0.2) is 0 Å². The van der Waals surface area contributed by atoms with Crippen LogP contribution in [0, 0.1) is 5.92 Å². The van der Waals surface area contributed by atoms with Gasteiger partial charge in [-0.1, -0.05) is 11.6 Å². The van der Waals surface area contributed by atoms with Gasteiger partial charge in [0.25, 0.3) is 0 Å². The van der Waals surface area contributed by atoms with Gasteiger partial charge in [0, 0.05) is 19.7 Å². The highest BCUT2D eigenvalue weighted by atomic mass is 35.5. The summed E-state index contributed by atoms with van der Waals surface area (Å²) >= 11 is 5.91. The van der Waals surface area contributed by atoms with Crippen molar-refractivity contribution in [2.45, 2.75) is 19.4 Å². The van der Waals surface area contributed by atoms with Crippen molar-refractivity contribution < 1.29 is 10.2 Å². The largest absolute Gasteiger partial charge is 0.396 e. The molecule has 0 aromatic carbocycles. The van der Waals surface area contributed by atoms with Gasteiger partial charge < -0.3 is 15.1 Å². The molecule has 1 saturated heterocycles. The molecule has 0 spiro atoms. The summed E-state index contributed by atoms with van der Waals surface area (Å²) in [5.41, 5.74) is 0.510. The van der Waals surface area contributed by atoms with Gasteiger partial charge in [-0.05, 0) is 30.9 Å². The topological polar surface area (TPSA) is 56.6 Å². The van der Waals surface area contributed by atoms with E-state index in [4.69, 9.17) is 16.7 Å². The first-order chi connectivity index (χ1) is 8.24. The molecule has 0 amide bonds. The zero-order valence-electron chi connectivity index (χ0n) is 9.64. The van der Waals surface area contributed by atoms with E-state index < -0.39 is 0 Å². The van der Waals surface area contributed by atoms with Crippen molar-refractivity contribution in [1.29, 1.82) is 0 Å². The number of rotatable bonds is 3. The molecule has 1 atom stereocenters. The lowest BCUT2D eigenvalue weighted by molar-refractivity contribution is 0.208. The lowest BCUT2D eigenvalue weighted by Gasteiger charge is -2.32. The van der Waals surface area contributed by atoms with E-state index in [-0.39, 0.29) is 13.2 Å². The molecule has 1 aromatic rings. The molecule has 0 aliphatic carbocycles. The number of halogens is 1. The zero-order valence-corrected chi connectivity index (χ0v) is 10.4. The van der Waals surface area contributed by atoms with E-state index in [1.54, 1.807) is 6.07 Å². The van der Waals surface area contributed by atoms with Crippen LogP contribution >= 0.6 is 11.6 Å². The molecule has 2 heterocycles. The third kappa shape index (κ3) is 2.89. The summed E-state index contributed by atoms with van der Waals surface area (Å²) in [4.78, 5) is 6.48. The fourth-order valence-electron chi connectivity index (χ4n) is 2.18. The molecule has 1 aliphatic heterocycles. The summed E-state index contributed by atoms with van der Waals surface area (Å²) in [6.07, 6.45) is 2.12. The minimum absolute atomic E-state index is 0.149. The second-order valence-corrected chi connectivity index (χ2v) is 4.80. The highest BCUT2D eigenvalue weighted by Gasteiger charge is 2.20. The Morgan fingerprint density at radius 2 is 2.24 bits per heavy atom. The average Bonchev–Trinajstić information content (AvgIpc) is 2.39. The summed E-state index contributed by atoms with van der Waals surface area (Å²) in [6, 6.07) is 3.62. The molecular weight excluding hydrogens is 240 g/mol. The Morgan fingerprint density at radius 1 is 1.41 bits per heavy atom. The molecule has 1 aromatic heterocycles. The normalized spacial score (nSPS) is 20.6. The van der Waals surface area contributed by atoms with Crippen molar-refractivity contribution in [3.8, 4) is 0 Å². The third-order valence-electron chi connectivity index (χ3n) is 3.15. The Kier molecular flexibility index (Phi) is 4.20. The van der Waals surface area contributed by atoms with Crippen LogP contribution in [0.3, 0.4) is 0 Å². The summed E-state index contributed by atoms with van der Waals surface area (Å²) in [5.74, 6) is 1.15. The lowest BCUT2D eigenvalue weighted by atomic mass is 9.99. The van der Waals surface area contributed by atoms with Crippen molar-refractivity contribution in [2.75, 3.05) is 24.6 Å². The first-order valence-corrected chi connectivity index (χ1v) is 6.24. The third-order valence-corrected chi connectivity index (χ3v) is 3.50. The second kappa shape index (κ2) is 5.67. The molecule has 2 rings (SSSR count). The lowest BCUT2D eigenvalue weighted by Crippen LogP contribution is -2.37. The highest BCUT2D eigenvalue weighted by molar-refractivity contribution is 6.31. The van der Waals surface area contributed by atoms with Crippen LogP contribution in [0.5, 0.6) is 0 Å². The maximum atomic E-state index is 9.19. The minimum Gasteiger partial charge on any atom is -0.396 e. The van der Waals surface area contributed by atoms with E-state index in [0.29, 0.717) is 16.6 Å². The summed E-state index contributed by atoms with van der Waals surface area (Å²) in [6.45, 7) is 1.83. The zero-order chi connectivity index (χ0) is 12.3. The Morgan fingerprint density at radius 3 is 2.94 bits per heavy atom. The van der Waals surface area contributed by atoms with Crippen LogP contribution < -0.4 is 4.90 Å². The molecule has 0 bridgehead atoms. The van der Waals surface area contributed by atoms with Crippen molar-refractivity contribution in [3.05, 3.63) is 22.8 Å². The maximum absolute atomic E-state index is 9.19. The van der Waals surface area contributed by atoms with Crippen molar-refractivity contribution in [3.63, 3.8) is 0 Å². The molecule has 1 fully saturated rings. The van der Waals surface area contributed by atoms with E-state index in [1.807, 2.05) is 6.07 Å². The second-order valence-electron chi connectivity index (χ2n) is 4.39. The SMILES string of the molecule is OCc1nc(N2CCCC(CO)C2)ccc1Cl. The highest BCUT2D eigenvalue weighted by Crippen LogP contribution is 2.24. The van der Waals surface area contributed by atoms with Gasteiger partial charge in [-0.2, -0.15) is 0 Å². The monoisotopic (exact) mass is 256 g/mol. The molecule has 0 radical (unpaired) electrons. The van der Waals surface area contributed by atoms with Gasteiger partial charge in [-0.25, -0.2) is 4.98 Å². The summed E-state index contributed by atoms with van der Waals surface area (Å²) < 4.78 is 0. The smallest absolute Gasteiger partial charge is 0.129 e. The van der Waals surface area contributed by atoms with Crippen LogP contribution in [-0.4, -0.2) is 34.9 Å². The molecule has 1 unspecified atom stereocenters. The minimum atomic E-state index is -0.149. The first-order valence-electron chi connectivity index (χ1n) is 5.86. The number of aromatic nitrogens is 1. The van der Waals surface area contributed by atoms with Crippen LogP contribution in [0.2, 0.25) is 5.02 Å².